The Labute approximate surface area is 108 Å². The monoisotopic (exact) mass is 296 g/mol. The molecular weight excluding hydrogens is 284 g/mol. The molecule has 1 atom stereocenters. The summed E-state index contributed by atoms with van der Waals surface area (Å²) in [6.07, 6.45) is 1.20. The van der Waals surface area contributed by atoms with Gasteiger partial charge < -0.3 is 4.98 Å². The van der Waals surface area contributed by atoms with E-state index in [4.69, 9.17) is 5.26 Å². The van der Waals surface area contributed by atoms with E-state index < -0.39 is 5.56 Å². The van der Waals surface area contributed by atoms with Crippen molar-refractivity contribution in [2.45, 2.75) is 31.5 Å². The molecule has 1 unspecified atom stereocenters. The number of hydrogen-bond donors (Lipinski definition) is 1. The fourth-order valence-corrected chi connectivity index (χ4v) is 1.75. The van der Waals surface area contributed by atoms with E-state index in [2.05, 4.69) is 20.9 Å². The van der Waals surface area contributed by atoms with Gasteiger partial charge in [-0.3, -0.25) is 9.59 Å². The van der Waals surface area contributed by atoms with Crippen molar-refractivity contribution in [3.63, 3.8) is 0 Å². The zero-order chi connectivity index (χ0) is 13.0. The van der Waals surface area contributed by atoms with Crippen LogP contribution in [-0.4, -0.2) is 15.6 Å². The average molecular weight is 297 g/mol. The lowest BCUT2D eigenvalue weighted by molar-refractivity contribution is 0.0989. The first-order chi connectivity index (χ1) is 8.04. The molecule has 0 bridgehead atoms. The molecule has 1 aromatic heterocycles. The molecule has 0 fully saturated rings. The molecule has 5 heteroatoms. The summed E-state index contributed by atoms with van der Waals surface area (Å²) in [5.41, 5.74) is 0.536. The van der Waals surface area contributed by atoms with Gasteiger partial charge in [0.25, 0.3) is 5.56 Å². The lowest BCUT2D eigenvalue weighted by atomic mass is 10.0. The van der Waals surface area contributed by atoms with E-state index in [1.165, 1.54) is 6.07 Å². The summed E-state index contributed by atoms with van der Waals surface area (Å²) in [6.45, 7) is 3.74. The Balaban J connectivity index is 3.37. The van der Waals surface area contributed by atoms with Crippen molar-refractivity contribution in [1.82, 2.24) is 4.98 Å². The fraction of sp³-hybridized carbons (Fsp3) is 0.417. The van der Waals surface area contributed by atoms with Crippen LogP contribution < -0.4 is 5.56 Å². The van der Waals surface area contributed by atoms with Crippen LogP contribution in [0.2, 0.25) is 0 Å². The van der Waals surface area contributed by atoms with Gasteiger partial charge in [0, 0.05) is 11.3 Å². The summed E-state index contributed by atoms with van der Waals surface area (Å²) in [6, 6.07) is 3.17. The number of alkyl halides is 1. The number of ketones is 1. The number of pyridine rings is 1. The molecule has 0 saturated carbocycles. The molecule has 0 radical (unpaired) electrons. The van der Waals surface area contributed by atoms with Crippen LogP contribution in [0.15, 0.2) is 10.9 Å². The predicted molar refractivity (Wildman–Crippen MR) is 68.5 cm³/mol. The smallest absolute Gasteiger partial charge is 0.266 e. The first-order valence-electron chi connectivity index (χ1n) is 5.39. The summed E-state index contributed by atoms with van der Waals surface area (Å²) < 4.78 is 0. The molecule has 0 aliphatic rings. The highest BCUT2D eigenvalue weighted by atomic mass is 79.9. The lowest BCUT2D eigenvalue weighted by Gasteiger charge is -2.10. The molecule has 0 aromatic carbocycles. The minimum Gasteiger partial charge on any atom is -0.324 e. The quantitative estimate of drug-likeness (QED) is 0.683. The third kappa shape index (κ3) is 2.83. The number of nitrogens with one attached hydrogen (secondary N) is 1. The number of rotatable bonds is 4. The molecule has 0 aliphatic carbocycles. The fourth-order valence-electron chi connectivity index (χ4n) is 1.50. The zero-order valence-electron chi connectivity index (χ0n) is 9.71. The van der Waals surface area contributed by atoms with E-state index in [9.17, 15) is 9.59 Å². The number of carbonyl (C=O) groups is 1. The van der Waals surface area contributed by atoms with Gasteiger partial charge in [-0.25, -0.2) is 0 Å². The second-order valence-corrected chi connectivity index (χ2v) is 4.72. The second kappa shape index (κ2) is 5.78. The summed E-state index contributed by atoms with van der Waals surface area (Å²) in [4.78, 5) is 25.8. The number of aryl methyl sites for hydroxylation is 1. The van der Waals surface area contributed by atoms with Crippen molar-refractivity contribution < 1.29 is 4.79 Å². The first-order valence-corrected chi connectivity index (χ1v) is 6.31. The molecule has 1 N–H and O–H groups in total. The Morgan fingerprint density at radius 1 is 1.59 bits per heavy atom. The maximum Gasteiger partial charge on any atom is 0.266 e. The van der Waals surface area contributed by atoms with Gasteiger partial charge in [0.2, 0.25) is 0 Å². The van der Waals surface area contributed by atoms with Crippen molar-refractivity contribution in [2.75, 3.05) is 0 Å². The van der Waals surface area contributed by atoms with Gasteiger partial charge >= 0.3 is 0 Å². The van der Waals surface area contributed by atoms with Gasteiger partial charge in [-0.15, -0.1) is 0 Å². The van der Waals surface area contributed by atoms with Crippen LogP contribution in [0.3, 0.4) is 0 Å². The number of hydrogen-bond acceptors (Lipinski definition) is 3. The highest BCUT2D eigenvalue weighted by Crippen LogP contribution is 2.16. The van der Waals surface area contributed by atoms with Crippen molar-refractivity contribution in [3.05, 3.63) is 33.2 Å². The number of nitriles is 1. The predicted octanol–water partition coefficient (Wildman–Crippen LogP) is 2.17. The minimum atomic E-state index is -0.441. The highest BCUT2D eigenvalue weighted by molar-refractivity contribution is 9.10. The molecule has 17 heavy (non-hydrogen) atoms. The highest BCUT2D eigenvalue weighted by Gasteiger charge is 2.19. The SMILES string of the molecule is CCc1[nH]c(=O)c(C#N)cc1C(=O)C(Br)CC. The summed E-state index contributed by atoms with van der Waals surface area (Å²) >= 11 is 3.28. The van der Waals surface area contributed by atoms with Crippen LogP contribution in [0.1, 0.15) is 41.9 Å². The van der Waals surface area contributed by atoms with E-state index in [1.54, 1.807) is 6.07 Å². The molecule has 0 saturated heterocycles. The number of aromatic amines is 1. The van der Waals surface area contributed by atoms with Crippen LogP contribution >= 0.6 is 15.9 Å². The standard InChI is InChI=1S/C12H13BrN2O2/c1-3-9(13)11(16)8-5-7(6-14)12(17)15-10(8)4-2/h5,9H,3-4H2,1-2H3,(H,15,17). The van der Waals surface area contributed by atoms with Crippen molar-refractivity contribution in [3.8, 4) is 6.07 Å². The number of H-pyrrole nitrogens is 1. The maximum absolute atomic E-state index is 12.1. The molecule has 1 heterocycles. The molecule has 1 rings (SSSR count). The van der Waals surface area contributed by atoms with Crippen LogP contribution in [0, 0.1) is 11.3 Å². The normalized spacial score (nSPS) is 11.9. The van der Waals surface area contributed by atoms with Crippen molar-refractivity contribution >= 4 is 21.7 Å². The summed E-state index contributed by atoms with van der Waals surface area (Å²) in [5.74, 6) is -0.0999. The number of carbonyl (C=O) groups excluding carboxylic acids is 1. The average Bonchev–Trinajstić information content (AvgIpc) is 2.36. The lowest BCUT2D eigenvalue weighted by Crippen LogP contribution is -2.21. The maximum atomic E-state index is 12.1. The largest absolute Gasteiger partial charge is 0.324 e. The third-order valence-electron chi connectivity index (χ3n) is 2.51. The van der Waals surface area contributed by atoms with E-state index in [-0.39, 0.29) is 16.2 Å². The second-order valence-electron chi connectivity index (χ2n) is 3.61. The summed E-state index contributed by atoms with van der Waals surface area (Å²) in [7, 11) is 0. The number of Topliss-reactive ketones (excluding diaryl/α,β-unsaturated/α-hetero) is 1. The molecule has 90 valence electrons. The van der Waals surface area contributed by atoms with Gasteiger partial charge in [-0.2, -0.15) is 5.26 Å². The Morgan fingerprint density at radius 2 is 2.24 bits per heavy atom. The molecular formula is C12H13BrN2O2. The molecule has 0 amide bonds. The van der Waals surface area contributed by atoms with Gasteiger partial charge in [0.05, 0.1) is 4.83 Å². The number of aromatic nitrogens is 1. The Morgan fingerprint density at radius 3 is 2.71 bits per heavy atom. The van der Waals surface area contributed by atoms with Crippen LogP contribution in [0.25, 0.3) is 0 Å². The minimum absolute atomic E-state index is 0.0265. The van der Waals surface area contributed by atoms with Crippen LogP contribution in [-0.2, 0) is 6.42 Å². The Bertz CT molecular complexity index is 528. The van der Waals surface area contributed by atoms with Crippen molar-refractivity contribution in [2.24, 2.45) is 0 Å². The zero-order valence-corrected chi connectivity index (χ0v) is 11.3. The van der Waals surface area contributed by atoms with E-state index in [0.717, 1.165) is 0 Å². The Hall–Kier alpha value is -1.41. The molecule has 4 nitrogen and oxygen atoms in total. The Kier molecular flexibility index (Phi) is 4.64. The number of halogens is 1. The third-order valence-corrected chi connectivity index (χ3v) is 3.57. The van der Waals surface area contributed by atoms with Crippen molar-refractivity contribution in [1.29, 1.82) is 5.26 Å². The molecule has 0 spiro atoms. The summed E-state index contributed by atoms with van der Waals surface area (Å²) in [5, 5.41) is 8.79. The van der Waals surface area contributed by atoms with Gasteiger partial charge in [-0.05, 0) is 18.9 Å². The number of nitrogens with zero attached hydrogens (tertiary/aromatic N) is 1. The van der Waals surface area contributed by atoms with Crippen LogP contribution in [0.4, 0.5) is 0 Å². The molecule has 1 aromatic rings. The van der Waals surface area contributed by atoms with Gasteiger partial charge in [0.15, 0.2) is 5.78 Å². The van der Waals surface area contributed by atoms with Gasteiger partial charge in [-0.1, -0.05) is 29.8 Å². The van der Waals surface area contributed by atoms with E-state index in [0.29, 0.717) is 24.1 Å². The van der Waals surface area contributed by atoms with E-state index in [1.807, 2.05) is 13.8 Å². The topological polar surface area (TPSA) is 73.7 Å². The van der Waals surface area contributed by atoms with Gasteiger partial charge in [0.1, 0.15) is 11.6 Å². The van der Waals surface area contributed by atoms with E-state index >= 15 is 0 Å². The molecule has 0 aliphatic heterocycles. The first kappa shape index (κ1) is 13.7. The van der Waals surface area contributed by atoms with Crippen LogP contribution in [0.5, 0.6) is 0 Å².